The molecule has 1 aliphatic rings. The Bertz CT molecular complexity index is 871. The maximum Gasteiger partial charge on any atom is 0.280 e. The Morgan fingerprint density at radius 1 is 1.12 bits per heavy atom. The maximum absolute atomic E-state index is 12.6. The molecule has 1 aliphatic heterocycles. The molecule has 0 radical (unpaired) electrons. The van der Waals surface area contributed by atoms with E-state index in [4.69, 9.17) is 0 Å². The van der Waals surface area contributed by atoms with E-state index in [1.807, 2.05) is 24.3 Å². The molecule has 6 nitrogen and oxygen atoms in total. The molecule has 3 rings (SSSR count). The Kier molecular flexibility index (Phi) is 4.26. The molecule has 0 unspecified atom stereocenters. The highest BCUT2D eigenvalue weighted by Gasteiger charge is 2.28. The van der Waals surface area contributed by atoms with Crippen LogP contribution in [0.25, 0.3) is 6.08 Å². The Labute approximate surface area is 146 Å². The number of nitro benzene ring substituents is 1. The van der Waals surface area contributed by atoms with Crippen LogP contribution < -0.4 is 5.01 Å². The summed E-state index contributed by atoms with van der Waals surface area (Å²) in [7, 11) is 0. The molecule has 0 aromatic heterocycles. The van der Waals surface area contributed by atoms with E-state index in [0.29, 0.717) is 17.0 Å². The minimum absolute atomic E-state index is 0.0308. The topological polar surface area (TPSA) is 75.8 Å². The van der Waals surface area contributed by atoms with Crippen molar-refractivity contribution >= 4 is 45.0 Å². The summed E-state index contributed by atoms with van der Waals surface area (Å²) >= 11 is 3.37. The second-order valence-electron chi connectivity index (χ2n) is 5.19. The van der Waals surface area contributed by atoms with Gasteiger partial charge in [0.15, 0.2) is 0 Å². The summed E-state index contributed by atoms with van der Waals surface area (Å²) in [4.78, 5) is 22.8. The molecule has 7 heteroatoms. The SMILES string of the molecule is CC1=NN(c2ccc([N+](=O)[O-])cc2)C(=O)/C1=C/c1ccc(Br)cc1. The first-order valence-corrected chi connectivity index (χ1v) is 7.87. The Balaban J connectivity index is 1.90. The zero-order valence-corrected chi connectivity index (χ0v) is 14.2. The lowest BCUT2D eigenvalue weighted by atomic mass is 10.1. The molecular formula is C17H12BrN3O3. The van der Waals surface area contributed by atoms with Gasteiger partial charge in [0, 0.05) is 16.6 Å². The summed E-state index contributed by atoms with van der Waals surface area (Å²) in [6, 6.07) is 13.3. The number of hydrogen-bond acceptors (Lipinski definition) is 4. The molecule has 1 amide bonds. The Hall–Kier alpha value is -2.80. The maximum atomic E-state index is 12.6. The number of nitro groups is 1. The fourth-order valence-corrected chi connectivity index (χ4v) is 2.56. The molecule has 120 valence electrons. The number of anilines is 1. The van der Waals surface area contributed by atoms with Gasteiger partial charge in [-0.15, -0.1) is 0 Å². The van der Waals surface area contributed by atoms with Crippen molar-refractivity contribution < 1.29 is 9.72 Å². The van der Waals surface area contributed by atoms with Crippen molar-refractivity contribution in [3.63, 3.8) is 0 Å². The third-order valence-corrected chi connectivity index (χ3v) is 4.08. The number of benzene rings is 2. The van der Waals surface area contributed by atoms with Crippen LogP contribution in [0.2, 0.25) is 0 Å². The summed E-state index contributed by atoms with van der Waals surface area (Å²) < 4.78 is 0.959. The Morgan fingerprint density at radius 3 is 2.33 bits per heavy atom. The van der Waals surface area contributed by atoms with E-state index in [1.54, 1.807) is 13.0 Å². The largest absolute Gasteiger partial charge is 0.280 e. The number of nitrogens with zero attached hydrogens (tertiary/aromatic N) is 3. The number of rotatable bonds is 3. The van der Waals surface area contributed by atoms with E-state index in [9.17, 15) is 14.9 Å². The van der Waals surface area contributed by atoms with Gasteiger partial charge in [0.05, 0.1) is 21.9 Å². The monoisotopic (exact) mass is 385 g/mol. The van der Waals surface area contributed by atoms with E-state index in [1.165, 1.54) is 29.3 Å². The van der Waals surface area contributed by atoms with Crippen LogP contribution in [-0.2, 0) is 4.79 Å². The number of carbonyl (C=O) groups is 1. The third kappa shape index (κ3) is 3.11. The molecule has 0 aliphatic carbocycles. The van der Waals surface area contributed by atoms with Crippen molar-refractivity contribution in [1.82, 2.24) is 0 Å². The van der Waals surface area contributed by atoms with Gasteiger partial charge in [-0.25, -0.2) is 0 Å². The molecule has 0 N–H and O–H groups in total. The van der Waals surface area contributed by atoms with E-state index < -0.39 is 4.92 Å². The molecule has 1 heterocycles. The number of carbonyl (C=O) groups excluding carboxylic acids is 1. The predicted octanol–water partition coefficient (Wildman–Crippen LogP) is 4.16. The van der Waals surface area contributed by atoms with Crippen molar-refractivity contribution in [2.45, 2.75) is 6.92 Å². The average Bonchev–Trinajstić information content (AvgIpc) is 2.85. The summed E-state index contributed by atoms with van der Waals surface area (Å²) in [6.45, 7) is 1.76. The number of hydrogen-bond donors (Lipinski definition) is 0. The van der Waals surface area contributed by atoms with Gasteiger partial charge in [-0.1, -0.05) is 28.1 Å². The highest BCUT2D eigenvalue weighted by molar-refractivity contribution is 9.10. The summed E-state index contributed by atoms with van der Waals surface area (Å²) in [5.41, 5.74) is 2.44. The Morgan fingerprint density at radius 2 is 1.75 bits per heavy atom. The molecular weight excluding hydrogens is 374 g/mol. The minimum Gasteiger partial charge on any atom is -0.267 e. The predicted molar refractivity (Wildman–Crippen MR) is 95.8 cm³/mol. The van der Waals surface area contributed by atoms with Gasteiger partial charge in [-0.2, -0.15) is 10.1 Å². The van der Waals surface area contributed by atoms with Gasteiger partial charge in [0.2, 0.25) is 0 Å². The van der Waals surface area contributed by atoms with Gasteiger partial charge >= 0.3 is 0 Å². The quantitative estimate of drug-likeness (QED) is 0.452. The van der Waals surface area contributed by atoms with Crippen molar-refractivity contribution in [3.05, 3.63) is 74.3 Å². The first-order valence-electron chi connectivity index (χ1n) is 7.07. The zero-order valence-electron chi connectivity index (χ0n) is 12.6. The molecule has 0 bridgehead atoms. The van der Waals surface area contributed by atoms with Crippen molar-refractivity contribution in [2.75, 3.05) is 5.01 Å². The lowest BCUT2D eigenvalue weighted by Crippen LogP contribution is -2.21. The van der Waals surface area contributed by atoms with Crippen LogP contribution in [-0.4, -0.2) is 16.5 Å². The van der Waals surface area contributed by atoms with Gasteiger partial charge in [0.25, 0.3) is 11.6 Å². The van der Waals surface area contributed by atoms with Crippen molar-refractivity contribution in [2.24, 2.45) is 5.10 Å². The van der Waals surface area contributed by atoms with Crippen molar-refractivity contribution in [1.29, 1.82) is 0 Å². The summed E-state index contributed by atoms with van der Waals surface area (Å²) in [5.74, 6) is -0.260. The number of non-ortho nitro benzene ring substituents is 1. The average molecular weight is 386 g/mol. The molecule has 24 heavy (non-hydrogen) atoms. The molecule has 2 aromatic carbocycles. The first kappa shape index (κ1) is 16.1. The lowest BCUT2D eigenvalue weighted by Gasteiger charge is -2.11. The second-order valence-corrected chi connectivity index (χ2v) is 6.10. The van der Waals surface area contributed by atoms with Crippen LogP contribution in [0.1, 0.15) is 12.5 Å². The fraction of sp³-hybridized carbons (Fsp3) is 0.0588. The van der Waals surface area contributed by atoms with Crippen LogP contribution in [0.5, 0.6) is 0 Å². The highest BCUT2D eigenvalue weighted by atomic mass is 79.9. The fourth-order valence-electron chi connectivity index (χ4n) is 2.30. The smallest absolute Gasteiger partial charge is 0.267 e. The normalized spacial score (nSPS) is 15.8. The summed E-state index contributed by atoms with van der Waals surface area (Å²) in [6.07, 6.45) is 1.78. The molecule has 2 aromatic rings. The molecule has 0 fully saturated rings. The molecule has 0 atom stereocenters. The van der Waals surface area contributed by atoms with E-state index in [0.717, 1.165) is 10.0 Å². The number of hydrazone groups is 1. The third-order valence-electron chi connectivity index (χ3n) is 3.55. The van der Waals surface area contributed by atoms with Gasteiger partial charge in [-0.05, 0) is 42.8 Å². The highest BCUT2D eigenvalue weighted by Crippen LogP contribution is 2.26. The van der Waals surface area contributed by atoms with E-state index in [-0.39, 0.29) is 11.6 Å². The molecule has 0 saturated carbocycles. The minimum atomic E-state index is -0.483. The first-order chi connectivity index (χ1) is 11.5. The van der Waals surface area contributed by atoms with Gasteiger partial charge in [-0.3, -0.25) is 14.9 Å². The van der Waals surface area contributed by atoms with Crippen LogP contribution in [0.3, 0.4) is 0 Å². The number of amides is 1. The number of halogens is 1. The van der Waals surface area contributed by atoms with Gasteiger partial charge < -0.3 is 0 Å². The van der Waals surface area contributed by atoms with Gasteiger partial charge in [0.1, 0.15) is 0 Å². The summed E-state index contributed by atoms with van der Waals surface area (Å²) in [5, 5.41) is 16.2. The van der Waals surface area contributed by atoms with E-state index >= 15 is 0 Å². The van der Waals surface area contributed by atoms with Crippen molar-refractivity contribution in [3.8, 4) is 0 Å². The van der Waals surface area contributed by atoms with Crippen LogP contribution in [0, 0.1) is 10.1 Å². The van der Waals surface area contributed by atoms with Crippen LogP contribution >= 0.6 is 15.9 Å². The molecule has 0 saturated heterocycles. The standard InChI is InChI=1S/C17H12BrN3O3/c1-11-16(10-12-2-4-13(18)5-3-12)17(22)20(19-11)14-6-8-15(9-7-14)21(23)24/h2-10H,1H3/b16-10+. The van der Waals surface area contributed by atoms with Crippen LogP contribution in [0.15, 0.2) is 63.7 Å². The van der Waals surface area contributed by atoms with E-state index in [2.05, 4.69) is 21.0 Å². The van der Waals surface area contributed by atoms with Crippen LogP contribution in [0.4, 0.5) is 11.4 Å². The molecule has 0 spiro atoms. The second kappa shape index (κ2) is 6.37. The zero-order chi connectivity index (χ0) is 17.3. The lowest BCUT2D eigenvalue weighted by molar-refractivity contribution is -0.384.